The van der Waals surface area contributed by atoms with E-state index in [0.717, 1.165) is 45.3 Å². The number of aliphatic carboxylic acids is 1. The van der Waals surface area contributed by atoms with E-state index in [1.807, 2.05) is 9.80 Å². The summed E-state index contributed by atoms with van der Waals surface area (Å²) in [6, 6.07) is 0.174. The molecule has 2 unspecified atom stereocenters. The third kappa shape index (κ3) is 4.33. The van der Waals surface area contributed by atoms with Crippen molar-refractivity contribution in [2.45, 2.75) is 44.6 Å². The summed E-state index contributed by atoms with van der Waals surface area (Å²) in [6.45, 7) is 3.00. The summed E-state index contributed by atoms with van der Waals surface area (Å²) in [5.41, 5.74) is 0. The minimum absolute atomic E-state index is 0.0868. The lowest BCUT2D eigenvalue weighted by molar-refractivity contribution is -0.137. The van der Waals surface area contributed by atoms with Gasteiger partial charge in [0.2, 0.25) is 0 Å². The van der Waals surface area contributed by atoms with Gasteiger partial charge in [0.15, 0.2) is 0 Å². The number of ether oxygens (including phenoxy) is 1. The highest BCUT2D eigenvalue weighted by Gasteiger charge is 2.33. The normalized spacial score (nSPS) is 26.1. The van der Waals surface area contributed by atoms with Crippen LogP contribution in [0.3, 0.4) is 0 Å². The van der Waals surface area contributed by atoms with Gasteiger partial charge in [-0.3, -0.25) is 4.79 Å². The molecule has 6 nitrogen and oxygen atoms in total. The number of carbonyl (C=O) groups excluding carboxylic acids is 1. The maximum absolute atomic E-state index is 12.7. The van der Waals surface area contributed by atoms with Crippen molar-refractivity contribution in [2.24, 2.45) is 5.92 Å². The first-order valence-electron chi connectivity index (χ1n) is 7.88. The number of hydrogen-bond donors (Lipinski definition) is 1. The molecule has 21 heavy (non-hydrogen) atoms. The Hall–Kier alpha value is -1.30. The highest BCUT2D eigenvalue weighted by atomic mass is 16.5. The first-order valence-corrected chi connectivity index (χ1v) is 7.88. The molecule has 2 heterocycles. The van der Waals surface area contributed by atoms with E-state index in [1.165, 1.54) is 0 Å². The van der Waals surface area contributed by atoms with Crippen LogP contribution in [-0.2, 0) is 9.53 Å². The molecule has 2 aliphatic heterocycles. The number of rotatable bonds is 5. The summed E-state index contributed by atoms with van der Waals surface area (Å²) in [5, 5.41) is 8.85. The molecule has 2 aliphatic rings. The molecule has 0 aromatic heterocycles. The molecule has 1 N–H and O–H groups in total. The smallest absolute Gasteiger partial charge is 0.320 e. The average Bonchev–Trinajstić information content (AvgIpc) is 2.94. The second-order valence-electron chi connectivity index (χ2n) is 6.11. The molecule has 120 valence electrons. The van der Waals surface area contributed by atoms with E-state index in [-0.39, 0.29) is 18.5 Å². The number of piperidine rings is 1. The second-order valence-corrected chi connectivity index (χ2v) is 6.11. The summed E-state index contributed by atoms with van der Waals surface area (Å²) in [4.78, 5) is 27.2. The molecule has 2 fully saturated rings. The van der Waals surface area contributed by atoms with Gasteiger partial charge in [-0.1, -0.05) is 0 Å². The Labute approximate surface area is 126 Å². The Morgan fingerprint density at radius 2 is 2.05 bits per heavy atom. The quantitative estimate of drug-likeness (QED) is 0.840. The SMILES string of the molecule is COCC1CCN(C(=O)N2CCCCC2CCC(=O)O)C1. The molecule has 0 spiro atoms. The van der Waals surface area contributed by atoms with Crippen LogP contribution in [0.1, 0.15) is 38.5 Å². The van der Waals surface area contributed by atoms with Crippen LogP contribution in [-0.4, -0.2) is 66.3 Å². The number of nitrogens with zero attached hydrogens (tertiary/aromatic N) is 2. The van der Waals surface area contributed by atoms with Gasteiger partial charge in [-0.05, 0) is 32.1 Å². The molecule has 2 amide bonds. The van der Waals surface area contributed by atoms with Gasteiger partial charge in [0.05, 0.1) is 6.61 Å². The van der Waals surface area contributed by atoms with Crippen LogP contribution in [0.25, 0.3) is 0 Å². The summed E-state index contributed by atoms with van der Waals surface area (Å²) in [7, 11) is 1.69. The van der Waals surface area contributed by atoms with E-state index in [4.69, 9.17) is 9.84 Å². The Morgan fingerprint density at radius 1 is 1.24 bits per heavy atom. The van der Waals surface area contributed by atoms with Crippen molar-refractivity contribution >= 4 is 12.0 Å². The van der Waals surface area contributed by atoms with Gasteiger partial charge >= 0.3 is 12.0 Å². The molecule has 0 aliphatic carbocycles. The minimum Gasteiger partial charge on any atom is -0.481 e. The number of hydrogen-bond acceptors (Lipinski definition) is 3. The van der Waals surface area contributed by atoms with Gasteiger partial charge in [-0.2, -0.15) is 0 Å². The molecule has 0 saturated carbocycles. The van der Waals surface area contributed by atoms with Crippen LogP contribution >= 0.6 is 0 Å². The van der Waals surface area contributed by atoms with Crippen LogP contribution in [0.4, 0.5) is 4.79 Å². The molecule has 6 heteroatoms. The van der Waals surface area contributed by atoms with Crippen molar-refractivity contribution in [2.75, 3.05) is 33.4 Å². The van der Waals surface area contributed by atoms with Gasteiger partial charge in [-0.25, -0.2) is 4.79 Å². The van der Waals surface area contributed by atoms with Crippen molar-refractivity contribution in [3.05, 3.63) is 0 Å². The van der Waals surface area contributed by atoms with Gasteiger partial charge < -0.3 is 19.6 Å². The van der Waals surface area contributed by atoms with Crippen LogP contribution in [0, 0.1) is 5.92 Å². The topological polar surface area (TPSA) is 70.1 Å². The lowest BCUT2D eigenvalue weighted by atomic mass is 9.98. The van der Waals surface area contributed by atoms with Crippen molar-refractivity contribution in [1.29, 1.82) is 0 Å². The van der Waals surface area contributed by atoms with Crippen molar-refractivity contribution < 1.29 is 19.4 Å². The zero-order valence-corrected chi connectivity index (χ0v) is 12.8. The Bertz CT molecular complexity index is 375. The van der Waals surface area contributed by atoms with Crippen LogP contribution < -0.4 is 0 Å². The predicted molar refractivity (Wildman–Crippen MR) is 78.2 cm³/mol. The molecule has 0 bridgehead atoms. The lowest BCUT2D eigenvalue weighted by Gasteiger charge is -2.38. The average molecular weight is 298 g/mol. The largest absolute Gasteiger partial charge is 0.481 e. The Balaban J connectivity index is 1.90. The van der Waals surface area contributed by atoms with Crippen molar-refractivity contribution in [3.8, 4) is 0 Å². The third-order valence-electron chi connectivity index (χ3n) is 4.52. The second kappa shape index (κ2) is 7.64. The molecular weight excluding hydrogens is 272 g/mol. The number of carbonyl (C=O) groups is 2. The number of amides is 2. The fraction of sp³-hybridized carbons (Fsp3) is 0.867. The number of methoxy groups -OCH3 is 1. The molecule has 2 saturated heterocycles. The van der Waals surface area contributed by atoms with Gasteiger partial charge in [0, 0.05) is 45.1 Å². The maximum atomic E-state index is 12.7. The molecule has 0 aromatic rings. The number of carboxylic acid groups (broad SMARTS) is 1. The standard InChI is InChI=1S/C15H26N2O4/c1-21-11-12-7-9-16(10-12)15(20)17-8-3-2-4-13(17)5-6-14(18)19/h12-13H,2-11H2,1H3,(H,18,19). The molecule has 2 atom stereocenters. The van der Waals surface area contributed by atoms with E-state index in [9.17, 15) is 9.59 Å². The highest BCUT2D eigenvalue weighted by Crippen LogP contribution is 2.25. The Morgan fingerprint density at radius 3 is 2.76 bits per heavy atom. The lowest BCUT2D eigenvalue weighted by Crippen LogP contribution is -2.49. The minimum atomic E-state index is -0.783. The van der Waals surface area contributed by atoms with E-state index < -0.39 is 5.97 Å². The maximum Gasteiger partial charge on any atom is 0.320 e. The summed E-state index contributed by atoms with van der Waals surface area (Å²) in [6.07, 6.45) is 4.73. The van der Waals surface area contributed by atoms with E-state index in [1.54, 1.807) is 7.11 Å². The first kappa shape index (κ1) is 16.1. The summed E-state index contributed by atoms with van der Waals surface area (Å²) < 4.78 is 5.17. The number of carboxylic acids is 1. The number of urea groups is 1. The number of likely N-dealkylation sites (tertiary alicyclic amines) is 2. The van der Waals surface area contributed by atoms with Crippen molar-refractivity contribution in [1.82, 2.24) is 9.80 Å². The van der Waals surface area contributed by atoms with E-state index in [2.05, 4.69) is 0 Å². The van der Waals surface area contributed by atoms with E-state index >= 15 is 0 Å². The zero-order chi connectivity index (χ0) is 15.2. The highest BCUT2D eigenvalue weighted by molar-refractivity contribution is 5.75. The molecule has 2 rings (SSSR count). The fourth-order valence-corrected chi connectivity index (χ4v) is 3.40. The summed E-state index contributed by atoms with van der Waals surface area (Å²) in [5.74, 6) is -0.351. The van der Waals surface area contributed by atoms with Gasteiger partial charge in [0.25, 0.3) is 0 Å². The monoisotopic (exact) mass is 298 g/mol. The molecular formula is C15H26N2O4. The first-order chi connectivity index (χ1) is 10.1. The predicted octanol–water partition coefficient (Wildman–Crippen LogP) is 1.79. The van der Waals surface area contributed by atoms with Crippen LogP contribution in [0.2, 0.25) is 0 Å². The molecule has 0 radical (unpaired) electrons. The fourth-order valence-electron chi connectivity index (χ4n) is 3.40. The van der Waals surface area contributed by atoms with Gasteiger partial charge in [0.1, 0.15) is 0 Å². The summed E-state index contributed by atoms with van der Waals surface area (Å²) >= 11 is 0. The Kier molecular flexibility index (Phi) is 5.85. The van der Waals surface area contributed by atoms with Crippen LogP contribution in [0.15, 0.2) is 0 Å². The third-order valence-corrected chi connectivity index (χ3v) is 4.52. The van der Waals surface area contributed by atoms with Crippen molar-refractivity contribution in [3.63, 3.8) is 0 Å². The zero-order valence-electron chi connectivity index (χ0n) is 12.8. The van der Waals surface area contributed by atoms with Crippen LogP contribution in [0.5, 0.6) is 0 Å². The van der Waals surface area contributed by atoms with E-state index in [0.29, 0.717) is 18.9 Å². The molecule has 0 aromatic carbocycles. The van der Waals surface area contributed by atoms with Gasteiger partial charge in [-0.15, -0.1) is 0 Å².